The highest BCUT2D eigenvalue weighted by atomic mass is 32.2. The van der Waals surface area contributed by atoms with Crippen LogP contribution in [0.4, 0.5) is 0 Å². The van der Waals surface area contributed by atoms with E-state index in [4.69, 9.17) is 4.74 Å². The number of hydrogen-bond donors (Lipinski definition) is 1. The zero-order chi connectivity index (χ0) is 15.6. The highest BCUT2D eigenvalue weighted by Gasteiger charge is 2.27. The molecule has 0 aliphatic heterocycles. The normalized spacial score (nSPS) is 17.2. The summed E-state index contributed by atoms with van der Waals surface area (Å²) in [7, 11) is -3.52. The Morgan fingerprint density at radius 3 is 2.59 bits per heavy atom. The summed E-state index contributed by atoms with van der Waals surface area (Å²) < 4.78 is 33.2. The van der Waals surface area contributed by atoms with E-state index < -0.39 is 10.0 Å². The fourth-order valence-electron chi connectivity index (χ4n) is 2.82. The van der Waals surface area contributed by atoms with Gasteiger partial charge in [0.15, 0.2) is 0 Å². The smallest absolute Gasteiger partial charge is 0.241 e. The Morgan fingerprint density at radius 1 is 1.14 bits per heavy atom. The second-order valence-electron chi connectivity index (χ2n) is 5.32. The van der Waals surface area contributed by atoms with Crippen LogP contribution >= 0.6 is 0 Å². The predicted molar refractivity (Wildman–Crippen MR) is 85.4 cm³/mol. The summed E-state index contributed by atoms with van der Waals surface area (Å²) in [6, 6.07) is 14.4. The third kappa shape index (κ3) is 3.00. The van der Waals surface area contributed by atoms with Crippen LogP contribution in [0.1, 0.15) is 30.5 Å². The van der Waals surface area contributed by atoms with Gasteiger partial charge in [-0.2, -0.15) is 0 Å². The minimum absolute atomic E-state index is 0.146. The topological polar surface area (TPSA) is 55.4 Å². The van der Waals surface area contributed by atoms with Gasteiger partial charge in [0.2, 0.25) is 10.0 Å². The average Bonchev–Trinajstić information content (AvgIpc) is 2.91. The predicted octanol–water partition coefficient (Wildman–Crippen LogP) is 3.05. The number of benzene rings is 2. The second-order valence-corrected chi connectivity index (χ2v) is 7.03. The van der Waals surface area contributed by atoms with Crippen molar-refractivity contribution in [3.8, 4) is 5.75 Å². The number of hydrogen-bond acceptors (Lipinski definition) is 3. The Hall–Kier alpha value is -1.85. The summed E-state index contributed by atoms with van der Waals surface area (Å²) in [6.07, 6.45) is 1.71. The van der Waals surface area contributed by atoms with Crippen LogP contribution in [-0.4, -0.2) is 15.0 Å². The quantitative estimate of drug-likeness (QED) is 0.922. The molecule has 0 bridgehead atoms. The molecule has 2 aromatic rings. The van der Waals surface area contributed by atoms with Crippen molar-refractivity contribution in [1.29, 1.82) is 0 Å². The van der Waals surface area contributed by atoms with Crippen molar-refractivity contribution >= 4 is 10.0 Å². The molecule has 1 unspecified atom stereocenters. The number of fused-ring (bicyclic) bond motifs is 1. The molecule has 2 aromatic carbocycles. The lowest BCUT2D eigenvalue weighted by Crippen LogP contribution is -2.27. The lowest BCUT2D eigenvalue weighted by Gasteiger charge is -2.14. The lowest BCUT2D eigenvalue weighted by atomic mass is 10.1. The number of ether oxygens (including phenoxy) is 1. The standard InChI is InChI=1S/C17H19NO3S/c1-2-21-14-8-10-15(11-9-14)22(19,20)18-17-12-7-13-5-3-4-6-16(13)17/h3-6,8-11,17-18H,2,7,12H2,1H3. The molecule has 0 aromatic heterocycles. The van der Waals surface area contributed by atoms with Crippen molar-refractivity contribution in [2.75, 3.05) is 6.61 Å². The molecule has 116 valence electrons. The zero-order valence-corrected chi connectivity index (χ0v) is 13.3. The van der Waals surface area contributed by atoms with Crippen LogP contribution in [0.2, 0.25) is 0 Å². The fraction of sp³-hybridized carbons (Fsp3) is 0.294. The van der Waals surface area contributed by atoms with Crippen LogP contribution in [0.25, 0.3) is 0 Å². The third-order valence-electron chi connectivity index (χ3n) is 3.88. The van der Waals surface area contributed by atoms with Gasteiger partial charge >= 0.3 is 0 Å². The molecule has 1 N–H and O–H groups in total. The second kappa shape index (κ2) is 6.10. The maximum Gasteiger partial charge on any atom is 0.241 e. The Morgan fingerprint density at radius 2 is 1.86 bits per heavy atom. The van der Waals surface area contributed by atoms with Gasteiger partial charge in [0.05, 0.1) is 11.5 Å². The molecule has 0 heterocycles. The summed E-state index contributed by atoms with van der Waals surface area (Å²) >= 11 is 0. The fourth-order valence-corrected chi connectivity index (χ4v) is 4.07. The molecule has 1 aliphatic carbocycles. The van der Waals surface area contributed by atoms with Crippen molar-refractivity contribution < 1.29 is 13.2 Å². The largest absolute Gasteiger partial charge is 0.494 e. The molecule has 0 fully saturated rings. The molecular formula is C17H19NO3S. The monoisotopic (exact) mass is 317 g/mol. The van der Waals surface area contributed by atoms with Crippen LogP contribution in [0.3, 0.4) is 0 Å². The Kier molecular flexibility index (Phi) is 4.18. The molecule has 1 atom stereocenters. The van der Waals surface area contributed by atoms with E-state index >= 15 is 0 Å². The van der Waals surface area contributed by atoms with E-state index in [9.17, 15) is 8.42 Å². The van der Waals surface area contributed by atoms with Gasteiger partial charge < -0.3 is 4.74 Å². The van der Waals surface area contributed by atoms with Crippen molar-refractivity contribution in [3.63, 3.8) is 0 Å². The Labute approximate surface area is 131 Å². The van der Waals surface area contributed by atoms with Crippen molar-refractivity contribution in [2.45, 2.75) is 30.7 Å². The maximum atomic E-state index is 12.5. The van der Waals surface area contributed by atoms with E-state index in [1.54, 1.807) is 24.3 Å². The molecule has 22 heavy (non-hydrogen) atoms. The SMILES string of the molecule is CCOc1ccc(S(=O)(=O)NC2CCc3ccccc32)cc1. The number of sulfonamides is 1. The first kappa shape index (κ1) is 15.1. The summed E-state index contributed by atoms with van der Waals surface area (Å²) in [5.41, 5.74) is 2.30. The van der Waals surface area contributed by atoms with Gasteiger partial charge in [0.1, 0.15) is 5.75 Å². The molecular weight excluding hydrogens is 298 g/mol. The average molecular weight is 317 g/mol. The highest BCUT2D eigenvalue weighted by Crippen LogP contribution is 2.32. The van der Waals surface area contributed by atoms with E-state index in [2.05, 4.69) is 10.8 Å². The van der Waals surface area contributed by atoms with E-state index in [1.807, 2.05) is 25.1 Å². The molecule has 0 amide bonds. The van der Waals surface area contributed by atoms with Crippen LogP contribution in [0.5, 0.6) is 5.75 Å². The maximum absolute atomic E-state index is 12.5. The van der Waals surface area contributed by atoms with Crippen LogP contribution in [0, 0.1) is 0 Å². The van der Waals surface area contributed by atoms with Gasteiger partial charge in [-0.15, -0.1) is 0 Å². The summed E-state index contributed by atoms with van der Waals surface area (Å²) in [4.78, 5) is 0.264. The third-order valence-corrected chi connectivity index (χ3v) is 5.36. The van der Waals surface area contributed by atoms with Crippen LogP contribution in [0.15, 0.2) is 53.4 Å². The van der Waals surface area contributed by atoms with Gasteiger partial charge in [0.25, 0.3) is 0 Å². The molecule has 4 nitrogen and oxygen atoms in total. The van der Waals surface area contributed by atoms with Gasteiger partial charge in [-0.25, -0.2) is 13.1 Å². The number of nitrogens with one attached hydrogen (secondary N) is 1. The van der Waals surface area contributed by atoms with E-state index in [-0.39, 0.29) is 10.9 Å². The first-order valence-corrected chi connectivity index (χ1v) is 8.91. The minimum Gasteiger partial charge on any atom is -0.494 e. The molecule has 0 saturated carbocycles. The van der Waals surface area contributed by atoms with Crippen molar-refractivity contribution in [2.24, 2.45) is 0 Å². The molecule has 0 radical (unpaired) electrons. The number of rotatable bonds is 5. The lowest BCUT2D eigenvalue weighted by molar-refractivity contribution is 0.340. The first-order chi connectivity index (χ1) is 10.6. The van der Waals surface area contributed by atoms with Gasteiger partial charge in [-0.3, -0.25) is 0 Å². The van der Waals surface area contributed by atoms with E-state index in [1.165, 1.54) is 5.56 Å². The van der Waals surface area contributed by atoms with Crippen molar-refractivity contribution in [3.05, 3.63) is 59.7 Å². The molecule has 3 rings (SSSR count). The Bertz CT molecular complexity index is 754. The summed E-state index contributed by atoms with van der Waals surface area (Å²) in [5, 5.41) is 0. The first-order valence-electron chi connectivity index (χ1n) is 7.43. The molecule has 5 heteroatoms. The van der Waals surface area contributed by atoms with Gasteiger partial charge in [-0.1, -0.05) is 24.3 Å². The molecule has 1 aliphatic rings. The highest BCUT2D eigenvalue weighted by molar-refractivity contribution is 7.89. The van der Waals surface area contributed by atoms with Gasteiger partial charge in [0, 0.05) is 6.04 Å². The van der Waals surface area contributed by atoms with E-state index in [0.29, 0.717) is 12.4 Å². The van der Waals surface area contributed by atoms with Crippen molar-refractivity contribution in [1.82, 2.24) is 4.72 Å². The van der Waals surface area contributed by atoms with Gasteiger partial charge in [-0.05, 0) is 55.2 Å². The van der Waals surface area contributed by atoms with Crippen LogP contribution < -0.4 is 9.46 Å². The molecule has 0 saturated heterocycles. The number of aryl methyl sites for hydroxylation is 1. The van der Waals surface area contributed by atoms with E-state index in [0.717, 1.165) is 18.4 Å². The molecule has 0 spiro atoms. The summed E-state index contributed by atoms with van der Waals surface area (Å²) in [5.74, 6) is 0.674. The van der Waals surface area contributed by atoms with Crippen LogP contribution in [-0.2, 0) is 16.4 Å². The zero-order valence-electron chi connectivity index (χ0n) is 12.5. The minimum atomic E-state index is -3.52. The summed E-state index contributed by atoms with van der Waals surface area (Å²) in [6.45, 7) is 2.45. The Balaban J connectivity index is 1.79.